The van der Waals surface area contributed by atoms with Crippen LogP contribution in [0.25, 0.3) is 0 Å². The number of nitrogens with zero attached hydrogens (tertiary/aromatic N) is 4. The third-order valence-corrected chi connectivity index (χ3v) is 3.92. The van der Waals surface area contributed by atoms with Gasteiger partial charge in [-0.2, -0.15) is 0 Å². The van der Waals surface area contributed by atoms with E-state index in [1.807, 2.05) is 4.90 Å². The molecule has 1 aliphatic heterocycles. The lowest BCUT2D eigenvalue weighted by atomic mass is 10.1. The SMILES string of the molecule is CC(C)Nc1ncnc2c1CCN(C(=O)c1ccncc1)CC2. The van der Waals surface area contributed by atoms with Crippen molar-refractivity contribution >= 4 is 11.7 Å². The van der Waals surface area contributed by atoms with Crippen LogP contribution < -0.4 is 5.32 Å². The molecule has 1 N–H and O–H groups in total. The minimum absolute atomic E-state index is 0.0477. The van der Waals surface area contributed by atoms with Gasteiger partial charge >= 0.3 is 0 Å². The lowest BCUT2D eigenvalue weighted by Gasteiger charge is -2.20. The van der Waals surface area contributed by atoms with Gasteiger partial charge in [-0.1, -0.05) is 0 Å². The van der Waals surface area contributed by atoms with Gasteiger partial charge in [0.1, 0.15) is 12.1 Å². The number of hydrogen-bond donors (Lipinski definition) is 1. The summed E-state index contributed by atoms with van der Waals surface area (Å²) in [6.07, 6.45) is 6.42. The van der Waals surface area contributed by atoms with Gasteiger partial charge in [0.05, 0.1) is 5.69 Å². The molecule has 0 bridgehead atoms. The van der Waals surface area contributed by atoms with E-state index in [-0.39, 0.29) is 5.91 Å². The summed E-state index contributed by atoms with van der Waals surface area (Å²) in [6.45, 7) is 5.52. The van der Waals surface area contributed by atoms with Crippen LogP contribution in [0.5, 0.6) is 0 Å². The normalized spacial score (nSPS) is 14.3. The van der Waals surface area contributed by atoms with Crippen LogP contribution in [-0.2, 0) is 12.8 Å². The Hall–Kier alpha value is -2.50. The molecule has 0 radical (unpaired) electrons. The van der Waals surface area contributed by atoms with Crippen LogP contribution >= 0.6 is 0 Å². The second-order valence-electron chi connectivity index (χ2n) is 5.97. The average molecular weight is 311 g/mol. The highest BCUT2D eigenvalue weighted by Gasteiger charge is 2.22. The first-order chi connectivity index (χ1) is 11.1. The van der Waals surface area contributed by atoms with Crippen molar-refractivity contribution in [2.24, 2.45) is 0 Å². The molecule has 0 saturated heterocycles. The lowest BCUT2D eigenvalue weighted by Crippen LogP contribution is -2.33. The van der Waals surface area contributed by atoms with E-state index >= 15 is 0 Å². The van der Waals surface area contributed by atoms with Crippen molar-refractivity contribution in [1.82, 2.24) is 19.9 Å². The first-order valence-corrected chi connectivity index (χ1v) is 7.93. The summed E-state index contributed by atoms with van der Waals surface area (Å²) in [5.74, 6) is 0.940. The number of nitrogens with one attached hydrogen (secondary N) is 1. The molecule has 0 saturated carbocycles. The second-order valence-corrected chi connectivity index (χ2v) is 5.97. The number of aromatic nitrogens is 3. The Labute approximate surface area is 136 Å². The largest absolute Gasteiger partial charge is 0.368 e. The van der Waals surface area contributed by atoms with E-state index < -0.39 is 0 Å². The van der Waals surface area contributed by atoms with Crippen LogP contribution in [0.1, 0.15) is 35.5 Å². The van der Waals surface area contributed by atoms with E-state index in [0.717, 1.165) is 29.9 Å². The monoisotopic (exact) mass is 311 g/mol. The van der Waals surface area contributed by atoms with Crippen molar-refractivity contribution in [3.05, 3.63) is 47.7 Å². The Balaban J connectivity index is 1.79. The number of pyridine rings is 1. The zero-order valence-corrected chi connectivity index (χ0v) is 13.5. The molecule has 6 nitrogen and oxygen atoms in total. The van der Waals surface area contributed by atoms with Gasteiger partial charge in [0.15, 0.2) is 0 Å². The van der Waals surface area contributed by atoms with Crippen LogP contribution in [0.4, 0.5) is 5.82 Å². The highest BCUT2D eigenvalue weighted by Crippen LogP contribution is 2.21. The minimum Gasteiger partial charge on any atom is -0.368 e. The lowest BCUT2D eigenvalue weighted by molar-refractivity contribution is 0.0763. The fourth-order valence-corrected chi connectivity index (χ4v) is 2.80. The van der Waals surface area contributed by atoms with Gasteiger partial charge in [-0.25, -0.2) is 9.97 Å². The Morgan fingerprint density at radius 2 is 1.91 bits per heavy atom. The molecule has 0 aliphatic carbocycles. The molecular weight excluding hydrogens is 290 g/mol. The smallest absolute Gasteiger partial charge is 0.253 e. The number of rotatable bonds is 3. The minimum atomic E-state index is 0.0477. The van der Waals surface area contributed by atoms with E-state index in [1.54, 1.807) is 30.9 Å². The van der Waals surface area contributed by atoms with Crippen molar-refractivity contribution in [3.63, 3.8) is 0 Å². The van der Waals surface area contributed by atoms with Crippen molar-refractivity contribution in [2.45, 2.75) is 32.7 Å². The first kappa shape index (κ1) is 15.4. The third-order valence-electron chi connectivity index (χ3n) is 3.92. The zero-order chi connectivity index (χ0) is 16.2. The molecule has 0 atom stereocenters. The highest BCUT2D eigenvalue weighted by atomic mass is 16.2. The Morgan fingerprint density at radius 3 is 2.65 bits per heavy atom. The van der Waals surface area contributed by atoms with Crippen LogP contribution in [-0.4, -0.2) is 44.9 Å². The van der Waals surface area contributed by atoms with Crippen LogP contribution in [0.3, 0.4) is 0 Å². The topological polar surface area (TPSA) is 71.0 Å². The first-order valence-electron chi connectivity index (χ1n) is 7.93. The van der Waals surface area contributed by atoms with Gasteiger partial charge in [-0.05, 0) is 32.4 Å². The fraction of sp³-hybridized carbons (Fsp3) is 0.412. The molecule has 3 heterocycles. The van der Waals surface area contributed by atoms with Gasteiger partial charge in [-0.3, -0.25) is 9.78 Å². The standard InChI is InChI=1S/C17H21N5O/c1-12(2)21-16-14-5-9-22(10-6-15(14)19-11-20-16)17(23)13-3-7-18-8-4-13/h3-4,7-8,11-12H,5-6,9-10H2,1-2H3,(H,19,20,21). The summed E-state index contributed by atoms with van der Waals surface area (Å²) >= 11 is 0. The number of hydrogen-bond acceptors (Lipinski definition) is 5. The average Bonchev–Trinajstić information content (AvgIpc) is 2.78. The maximum atomic E-state index is 12.6. The molecule has 23 heavy (non-hydrogen) atoms. The molecule has 1 aliphatic rings. The molecule has 0 aromatic carbocycles. The van der Waals surface area contributed by atoms with Gasteiger partial charge in [0, 0.05) is 49.1 Å². The van der Waals surface area contributed by atoms with Crippen molar-refractivity contribution in [2.75, 3.05) is 18.4 Å². The summed E-state index contributed by atoms with van der Waals surface area (Å²) in [7, 11) is 0. The summed E-state index contributed by atoms with van der Waals surface area (Å²) in [5.41, 5.74) is 2.84. The van der Waals surface area contributed by atoms with Gasteiger partial charge in [-0.15, -0.1) is 0 Å². The number of carbonyl (C=O) groups is 1. The molecule has 2 aromatic heterocycles. The second kappa shape index (κ2) is 6.73. The molecule has 6 heteroatoms. The van der Waals surface area contributed by atoms with Gasteiger partial charge in [0.2, 0.25) is 0 Å². The Morgan fingerprint density at radius 1 is 1.17 bits per heavy atom. The maximum absolute atomic E-state index is 12.6. The quantitative estimate of drug-likeness (QED) is 0.938. The van der Waals surface area contributed by atoms with Gasteiger partial charge < -0.3 is 10.2 Å². The Bertz CT molecular complexity index is 687. The van der Waals surface area contributed by atoms with Crippen LogP contribution in [0.15, 0.2) is 30.9 Å². The highest BCUT2D eigenvalue weighted by molar-refractivity contribution is 5.94. The van der Waals surface area contributed by atoms with Crippen molar-refractivity contribution in [3.8, 4) is 0 Å². The van der Waals surface area contributed by atoms with Crippen LogP contribution in [0.2, 0.25) is 0 Å². The number of amides is 1. The zero-order valence-electron chi connectivity index (χ0n) is 13.5. The van der Waals surface area contributed by atoms with E-state index in [0.29, 0.717) is 24.7 Å². The molecule has 120 valence electrons. The van der Waals surface area contributed by atoms with Gasteiger partial charge in [0.25, 0.3) is 5.91 Å². The van der Waals surface area contributed by atoms with E-state index in [4.69, 9.17) is 0 Å². The number of anilines is 1. The molecule has 2 aromatic rings. The Kier molecular flexibility index (Phi) is 4.50. The van der Waals surface area contributed by atoms with Crippen molar-refractivity contribution < 1.29 is 4.79 Å². The summed E-state index contributed by atoms with van der Waals surface area (Å²) in [6, 6.07) is 3.82. The molecule has 0 spiro atoms. The van der Waals surface area contributed by atoms with E-state index in [1.165, 1.54) is 0 Å². The number of fused-ring (bicyclic) bond motifs is 1. The van der Waals surface area contributed by atoms with E-state index in [2.05, 4.69) is 34.1 Å². The molecular formula is C17H21N5O. The fourth-order valence-electron chi connectivity index (χ4n) is 2.80. The molecule has 1 amide bonds. The molecule has 0 unspecified atom stereocenters. The number of carbonyl (C=O) groups excluding carboxylic acids is 1. The predicted octanol–water partition coefficient (Wildman–Crippen LogP) is 1.93. The summed E-state index contributed by atoms with van der Waals surface area (Å²) < 4.78 is 0. The van der Waals surface area contributed by atoms with E-state index in [9.17, 15) is 4.79 Å². The van der Waals surface area contributed by atoms with Crippen LogP contribution in [0, 0.1) is 0 Å². The molecule has 3 rings (SSSR count). The van der Waals surface area contributed by atoms with Crippen molar-refractivity contribution in [1.29, 1.82) is 0 Å². The summed E-state index contributed by atoms with van der Waals surface area (Å²) in [4.78, 5) is 27.2. The maximum Gasteiger partial charge on any atom is 0.253 e. The predicted molar refractivity (Wildman–Crippen MR) is 88.3 cm³/mol. The molecule has 0 fully saturated rings. The third kappa shape index (κ3) is 3.47. The summed E-state index contributed by atoms with van der Waals surface area (Å²) in [5, 5.41) is 3.37.